The number of carbonyl (C=O) groups is 2. The van der Waals surface area contributed by atoms with Crippen molar-refractivity contribution in [2.75, 3.05) is 7.11 Å². The van der Waals surface area contributed by atoms with E-state index in [-0.39, 0.29) is 18.2 Å². The van der Waals surface area contributed by atoms with Crippen LogP contribution in [-0.4, -0.2) is 30.2 Å². The van der Waals surface area contributed by atoms with Gasteiger partial charge < -0.3 is 19.4 Å². The Hall–Kier alpha value is -3.42. The lowest BCUT2D eigenvalue weighted by molar-refractivity contribution is -0.122. The van der Waals surface area contributed by atoms with E-state index in [1.54, 1.807) is 42.0 Å². The lowest BCUT2D eigenvalue weighted by Gasteiger charge is -2.16. The molecule has 0 radical (unpaired) electrons. The number of hydrogen-bond acceptors (Lipinski definition) is 4. The SMILES string of the molecule is COC(=O)c1cn(CC(=O)NC(C)c2cccc(OC(F)F)c2)c2ccccc12. The lowest BCUT2D eigenvalue weighted by atomic mass is 10.1. The summed E-state index contributed by atoms with van der Waals surface area (Å²) in [6, 6.07) is 13.0. The second-order valence-electron chi connectivity index (χ2n) is 6.42. The summed E-state index contributed by atoms with van der Waals surface area (Å²) in [5.41, 5.74) is 1.73. The average molecular weight is 402 g/mol. The van der Waals surface area contributed by atoms with Crippen LogP contribution in [0.3, 0.4) is 0 Å². The smallest absolute Gasteiger partial charge is 0.387 e. The number of methoxy groups -OCH3 is 1. The Morgan fingerprint density at radius 2 is 1.90 bits per heavy atom. The number of nitrogens with zero attached hydrogens (tertiary/aromatic N) is 1. The predicted octanol–water partition coefficient (Wildman–Crippen LogP) is 3.91. The highest BCUT2D eigenvalue weighted by atomic mass is 19.3. The summed E-state index contributed by atoms with van der Waals surface area (Å²) in [4.78, 5) is 24.5. The van der Waals surface area contributed by atoms with Gasteiger partial charge in [0, 0.05) is 17.1 Å². The van der Waals surface area contributed by atoms with Crippen LogP contribution in [0.2, 0.25) is 0 Å². The molecule has 1 amide bonds. The number of benzene rings is 2. The van der Waals surface area contributed by atoms with Crippen LogP contribution in [0.15, 0.2) is 54.7 Å². The molecule has 2 aromatic carbocycles. The zero-order chi connectivity index (χ0) is 21.0. The van der Waals surface area contributed by atoms with Crippen LogP contribution < -0.4 is 10.1 Å². The van der Waals surface area contributed by atoms with E-state index in [0.717, 1.165) is 5.52 Å². The quantitative estimate of drug-likeness (QED) is 0.609. The maximum absolute atomic E-state index is 12.6. The molecule has 29 heavy (non-hydrogen) atoms. The van der Waals surface area contributed by atoms with Crippen LogP contribution in [-0.2, 0) is 16.1 Å². The first kappa shape index (κ1) is 20.3. The number of fused-ring (bicyclic) bond motifs is 1. The Balaban J connectivity index is 1.75. The zero-order valence-corrected chi connectivity index (χ0v) is 15.9. The number of esters is 1. The fourth-order valence-electron chi connectivity index (χ4n) is 3.14. The molecule has 0 saturated heterocycles. The lowest BCUT2D eigenvalue weighted by Crippen LogP contribution is -2.30. The van der Waals surface area contributed by atoms with Crippen molar-refractivity contribution >= 4 is 22.8 Å². The zero-order valence-electron chi connectivity index (χ0n) is 15.9. The molecule has 3 rings (SSSR count). The van der Waals surface area contributed by atoms with Crippen molar-refractivity contribution in [3.63, 3.8) is 0 Å². The Morgan fingerprint density at radius 3 is 2.62 bits per heavy atom. The van der Waals surface area contributed by atoms with Gasteiger partial charge in [-0.3, -0.25) is 4.79 Å². The van der Waals surface area contributed by atoms with Crippen LogP contribution in [0.1, 0.15) is 28.9 Å². The van der Waals surface area contributed by atoms with Crippen LogP contribution in [0.4, 0.5) is 8.78 Å². The molecule has 152 valence electrons. The Kier molecular flexibility index (Phi) is 6.11. The van der Waals surface area contributed by atoms with E-state index in [2.05, 4.69) is 10.1 Å². The molecule has 6 nitrogen and oxygen atoms in total. The summed E-state index contributed by atoms with van der Waals surface area (Å²) in [6.45, 7) is -1.19. The molecule has 3 aromatic rings. The minimum Gasteiger partial charge on any atom is -0.465 e. The van der Waals surface area contributed by atoms with Gasteiger partial charge in [-0.1, -0.05) is 30.3 Å². The molecule has 0 bridgehead atoms. The van der Waals surface area contributed by atoms with Gasteiger partial charge in [0.2, 0.25) is 5.91 Å². The number of carbonyl (C=O) groups excluding carboxylic acids is 2. The van der Waals surface area contributed by atoms with E-state index in [9.17, 15) is 18.4 Å². The molecule has 0 aliphatic carbocycles. The number of amides is 1. The molecule has 1 unspecified atom stereocenters. The molecule has 0 aliphatic heterocycles. The van der Waals surface area contributed by atoms with Gasteiger partial charge in [0.05, 0.1) is 18.7 Å². The van der Waals surface area contributed by atoms with Crippen molar-refractivity contribution in [1.82, 2.24) is 9.88 Å². The number of halogens is 2. The van der Waals surface area contributed by atoms with Crippen molar-refractivity contribution in [2.45, 2.75) is 26.1 Å². The van der Waals surface area contributed by atoms with Gasteiger partial charge in [-0.2, -0.15) is 8.78 Å². The highest BCUT2D eigenvalue weighted by Crippen LogP contribution is 2.23. The maximum atomic E-state index is 12.6. The van der Waals surface area contributed by atoms with E-state index in [4.69, 9.17) is 4.74 Å². The normalized spacial score (nSPS) is 12.0. The average Bonchev–Trinajstić information content (AvgIpc) is 3.05. The summed E-state index contributed by atoms with van der Waals surface area (Å²) in [7, 11) is 1.30. The number of hydrogen-bond donors (Lipinski definition) is 1. The molecular weight excluding hydrogens is 382 g/mol. The molecule has 0 aliphatic rings. The first-order valence-electron chi connectivity index (χ1n) is 8.89. The third-order valence-corrected chi connectivity index (χ3v) is 4.47. The van der Waals surface area contributed by atoms with Gasteiger partial charge in [0.25, 0.3) is 0 Å². The summed E-state index contributed by atoms with van der Waals surface area (Å²) in [6.07, 6.45) is 1.58. The molecule has 1 atom stereocenters. The molecule has 1 N–H and O–H groups in total. The minimum absolute atomic E-state index is 0.0188. The van der Waals surface area contributed by atoms with Crippen LogP contribution >= 0.6 is 0 Å². The molecule has 8 heteroatoms. The van der Waals surface area contributed by atoms with E-state index in [1.807, 2.05) is 12.1 Å². The topological polar surface area (TPSA) is 69.6 Å². The highest BCUT2D eigenvalue weighted by Gasteiger charge is 2.18. The third-order valence-electron chi connectivity index (χ3n) is 4.47. The van der Waals surface area contributed by atoms with Crippen molar-refractivity contribution < 1.29 is 27.8 Å². The molecule has 0 saturated carbocycles. The summed E-state index contributed by atoms with van der Waals surface area (Å²) < 4.78 is 35.6. The third kappa shape index (κ3) is 4.71. The summed E-state index contributed by atoms with van der Waals surface area (Å²) in [5, 5.41) is 3.52. The summed E-state index contributed by atoms with van der Waals surface area (Å²) >= 11 is 0. The first-order chi connectivity index (χ1) is 13.9. The maximum Gasteiger partial charge on any atom is 0.387 e. The predicted molar refractivity (Wildman–Crippen MR) is 103 cm³/mol. The van der Waals surface area contributed by atoms with Crippen molar-refractivity contribution in [3.05, 3.63) is 65.9 Å². The van der Waals surface area contributed by atoms with Gasteiger partial charge in [0.1, 0.15) is 12.3 Å². The number of aromatic nitrogens is 1. The van der Waals surface area contributed by atoms with Gasteiger partial charge in [-0.05, 0) is 30.7 Å². The Bertz CT molecular complexity index is 1030. The summed E-state index contributed by atoms with van der Waals surface area (Å²) in [5.74, 6) is -0.753. The van der Waals surface area contributed by atoms with Crippen molar-refractivity contribution in [3.8, 4) is 5.75 Å². The van der Waals surface area contributed by atoms with E-state index < -0.39 is 18.6 Å². The number of alkyl halides is 2. The van der Waals surface area contributed by atoms with Crippen LogP contribution in [0, 0.1) is 0 Å². The largest absolute Gasteiger partial charge is 0.465 e. The molecular formula is C21H20F2N2O4. The van der Waals surface area contributed by atoms with Gasteiger partial charge >= 0.3 is 12.6 Å². The van der Waals surface area contributed by atoms with E-state index >= 15 is 0 Å². The fourth-order valence-corrected chi connectivity index (χ4v) is 3.14. The van der Waals surface area contributed by atoms with E-state index in [1.165, 1.54) is 19.2 Å². The molecule has 0 fully saturated rings. The molecule has 1 heterocycles. The monoisotopic (exact) mass is 402 g/mol. The second-order valence-corrected chi connectivity index (χ2v) is 6.42. The van der Waals surface area contributed by atoms with Gasteiger partial charge in [-0.15, -0.1) is 0 Å². The van der Waals surface area contributed by atoms with Gasteiger partial charge in [-0.25, -0.2) is 4.79 Å². The number of rotatable bonds is 7. The van der Waals surface area contributed by atoms with Crippen molar-refractivity contribution in [1.29, 1.82) is 0 Å². The minimum atomic E-state index is -2.92. The van der Waals surface area contributed by atoms with Crippen LogP contribution in [0.25, 0.3) is 10.9 Å². The second kappa shape index (κ2) is 8.72. The number of ether oxygens (including phenoxy) is 2. The number of para-hydroxylation sites is 1. The molecule has 0 spiro atoms. The molecule has 1 aromatic heterocycles. The first-order valence-corrected chi connectivity index (χ1v) is 8.89. The number of nitrogens with one attached hydrogen (secondary N) is 1. The Labute approximate surface area is 166 Å². The Morgan fingerprint density at radius 1 is 1.14 bits per heavy atom. The van der Waals surface area contributed by atoms with E-state index in [0.29, 0.717) is 16.5 Å². The van der Waals surface area contributed by atoms with Crippen molar-refractivity contribution in [2.24, 2.45) is 0 Å². The fraction of sp³-hybridized carbons (Fsp3) is 0.238. The standard InChI is InChI=1S/C21H20F2N2O4/c1-13(14-6-5-7-15(10-14)29-21(22)23)24-19(26)12-25-11-17(20(27)28-2)16-8-3-4-9-18(16)25/h3-11,13,21H,12H2,1-2H3,(H,24,26). The highest BCUT2D eigenvalue weighted by molar-refractivity contribution is 6.04. The van der Waals surface area contributed by atoms with Crippen LogP contribution in [0.5, 0.6) is 5.75 Å². The van der Waals surface area contributed by atoms with Gasteiger partial charge in [0.15, 0.2) is 0 Å².